The highest BCUT2D eigenvalue weighted by Crippen LogP contribution is 2.41. The summed E-state index contributed by atoms with van der Waals surface area (Å²) >= 11 is 0. The Morgan fingerprint density at radius 1 is 1.20 bits per heavy atom. The van der Waals surface area contributed by atoms with Crippen molar-refractivity contribution in [3.63, 3.8) is 0 Å². The van der Waals surface area contributed by atoms with Crippen LogP contribution >= 0.6 is 0 Å². The summed E-state index contributed by atoms with van der Waals surface area (Å²) in [6, 6.07) is 0. The van der Waals surface area contributed by atoms with Gasteiger partial charge in [0.05, 0.1) is 6.61 Å². The van der Waals surface area contributed by atoms with E-state index in [1.165, 1.54) is 6.42 Å². The van der Waals surface area contributed by atoms with Crippen LogP contribution in [0.15, 0.2) is 24.3 Å². The van der Waals surface area contributed by atoms with E-state index in [0.717, 1.165) is 25.7 Å². The molecule has 1 aliphatic carbocycles. The van der Waals surface area contributed by atoms with Gasteiger partial charge in [-0.25, -0.2) is 4.79 Å². The fraction of sp³-hybridized carbons (Fsp3) is 0.708. The van der Waals surface area contributed by atoms with Gasteiger partial charge in [-0.2, -0.15) is 0 Å². The van der Waals surface area contributed by atoms with Crippen LogP contribution < -0.4 is 0 Å². The van der Waals surface area contributed by atoms with Crippen LogP contribution in [0.2, 0.25) is 19.6 Å². The molecule has 0 aromatic rings. The highest BCUT2D eigenvalue weighted by molar-refractivity contribution is 6.83. The molecule has 1 saturated carbocycles. The second kappa shape index (κ2) is 10.3. The van der Waals surface area contributed by atoms with Crippen molar-refractivity contribution in [2.24, 2.45) is 5.41 Å². The molecule has 3 atom stereocenters. The summed E-state index contributed by atoms with van der Waals surface area (Å²) in [6.45, 7) is 12.4. The third kappa shape index (κ3) is 7.70. The second-order valence-electron chi connectivity index (χ2n) is 10.4. The zero-order valence-electron chi connectivity index (χ0n) is 19.4. The molecule has 2 fully saturated rings. The number of allylic oxidation sites excluding steroid dienone is 3. The number of rotatable bonds is 6. The molecule has 0 aromatic heterocycles. The third-order valence-corrected chi connectivity index (χ3v) is 6.07. The average molecular weight is 435 g/mol. The molecule has 2 rings (SSSR count). The highest BCUT2D eigenvalue weighted by atomic mass is 28.3. The molecule has 5 nitrogen and oxygen atoms in total. The Labute approximate surface area is 182 Å². The summed E-state index contributed by atoms with van der Waals surface area (Å²) in [5, 5.41) is 9.54. The molecule has 30 heavy (non-hydrogen) atoms. The molecule has 1 saturated heterocycles. The summed E-state index contributed by atoms with van der Waals surface area (Å²) < 4.78 is 18.5. The lowest BCUT2D eigenvalue weighted by Crippen LogP contribution is -2.40. The largest absolute Gasteiger partial charge is 0.479 e. The van der Waals surface area contributed by atoms with Gasteiger partial charge in [-0.1, -0.05) is 71.0 Å². The zero-order chi connectivity index (χ0) is 22.4. The quantitative estimate of drug-likeness (QED) is 0.364. The van der Waals surface area contributed by atoms with E-state index < -0.39 is 31.3 Å². The summed E-state index contributed by atoms with van der Waals surface area (Å²) in [7, 11) is -1.37. The van der Waals surface area contributed by atoms with Gasteiger partial charge in [0.2, 0.25) is 0 Å². The van der Waals surface area contributed by atoms with Gasteiger partial charge in [0.15, 0.2) is 11.9 Å². The molecule has 1 N–H and O–H groups in total. The molecule has 1 aliphatic heterocycles. The van der Waals surface area contributed by atoms with E-state index >= 15 is 0 Å². The molecule has 1 heterocycles. The predicted octanol–water partition coefficient (Wildman–Crippen LogP) is 4.94. The lowest BCUT2D eigenvalue weighted by Gasteiger charge is -2.32. The van der Waals surface area contributed by atoms with Crippen molar-refractivity contribution in [2.75, 3.05) is 6.61 Å². The first-order valence-electron chi connectivity index (χ1n) is 11.0. The van der Waals surface area contributed by atoms with E-state index in [4.69, 9.17) is 14.2 Å². The minimum atomic E-state index is -1.37. The van der Waals surface area contributed by atoms with Gasteiger partial charge in [-0.3, -0.25) is 0 Å². The Kier molecular flexibility index (Phi) is 8.52. The molecular formula is C24H38O5Si. The van der Waals surface area contributed by atoms with Crippen LogP contribution in [0.4, 0.5) is 0 Å². The van der Waals surface area contributed by atoms with Gasteiger partial charge in [0, 0.05) is 12.8 Å². The Hall–Kier alpha value is -1.39. The van der Waals surface area contributed by atoms with Crippen LogP contribution in [-0.2, 0) is 19.0 Å². The maximum absolute atomic E-state index is 11.6. The normalized spacial score (nSPS) is 25.5. The summed E-state index contributed by atoms with van der Waals surface area (Å²) in [5.41, 5.74) is 2.80. The topological polar surface area (TPSA) is 65.0 Å². The van der Waals surface area contributed by atoms with Gasteiger partial charge in [0.1, 0.15) is 20.3 Å². The summed E-state index contributed by atoms with van der Waals surface area (Å²) in [6.07, 6.45) is 11.3. The van der Waals surface area contributed by atoms with Gasteiger partial charge in [0.25, 0.3) is 0 Å². The fourth-order valence-electron chi connectivity index (χ4n) is 3.73. The molecule has 1 spiro atoms. The van der Waals surface area contributed by atoms with Gasteiger partial charge in [-0.15, -0.1) is 5.54 Å². The van der Waals surface area contributed by atoms with E-state index in [1.807, 2.05) is 45.1 Å². The van der Waals surface area contributed by atoms with Crippen molar-refractivity contribution < 1.29 is 24.1 Å². The number of aliphatic carboxylic acids is 1. The van der Waals surface area contributed by atoms with E-state index in [0.29, 0.717) is 0 Å². The van der Waals surface area contributed by atoms with Crippen LogP contribution in [0.5, 0.6) is 0 Å². The number of carboxylic acids is 1. The van der Waals surface area contributed by atoms with Crippen molar-refractivity contribution >= 4 is 14.0 Å². The van der Waals surface area contributed by atoms with Gasteiger partial charge >= 0.3 is 5.97 Å². The van der Waals surface area contributed by atoms with Crippen molar-refractivity contribution in [3.05, 3.63) is 24.3 Å². The van der Waals surface area contributed by atoms with Crippen molar-refractivity contribution in [1.82, 2.24) is 0 Å². The maximum atomic E-state index is 11.6. The van der Waals surface area contributed by atoms with Crippen LogP contribution in [0.3, 0.4) is 0 Å². The van der Waals surface area contributed by atoms with E-state index in [9.17, 15) is 9.90 Å². The standard InChI is InChI=1S/C24H38O5Si/c1-23(2,3)21(22(25)26)27-18-20-19(14-10-7-8-13-17-30(4,5)6)28-24(29-20)15-11-9-12-16-24/h7-8,10,14,19-21H,9,11-12,15-16,18H2,1-6H3,(H,25,26)/b8-7+,14-10-/t19-,20+,21?/m1/s1. The van der Waals surface area contributed by atoms with Crippen molar-refractivity contribution in [2.45, 2.75) is 96.6 Å². The fourth-order valence-corrected chi connectivity index (χ4v) is 4.25. The Bertz CT molecular complexity index is 696. The number of carboxylic acid groups (broad SMARTS) is 1. The first-order valence-corrected chi connectivity index (χ1v) is 14.5. The SMILES string of the molecule is CC(C)(C)C(OC[C@@H]1OC2(CCCCC2)O[C@@H]1/C=C\C=C\C#C[Si](C)(C)C)C(=O)O. The molecule has 1 unspecified atom stereocenters. The lowest BCUT2D eigenvalue weighted by molar-refractivity contribution is -0.198. The number of ether oxygens (including phenoxy) is 3. The van der Waals surface area contributed by atoms with Crippen LogP contribution in [0, 0.1) is 16.9 Å². The van der Waals surface area contributed by atoms with E-state index in [1.54, 1.807) is 0 Å². The second-order valence-corrected chi connectivity index (χ2v) is 15.1. The molecule has 0 aromatic carbocycles. The molecule has 0 radical (unpaired) electrons. The number of carbonyl (C=O) groups is 1. The first-order chi connectivity index (χ1) is 13.9. The average Bonchev–Trinajstić information content (AvgIpc) is 2.93. The van der Waals surface area contributed by atoms with E-state index in [-0.39, 0.29) is 18.8 Å². The molecule has 0 amide bonds. The lowest BCUT2D eigenvalue weighted by atomic mass is 9.89. The monoisotopic (exact) mass is 434 g/mol. The molecule has 0 bridgehead atoms. The number of hydrogen-bond donors (Lipinski definition) is 1. The maximum Gasteiger partial charge on any atom is 0.333 e. The summed E-state index contributed by atoms with van der Waals surface area (Å²) in [4.78, 5) is 11.6. The minimum Gasteiger partial charge on any atom is -0.479 e. The van der Waals surface area contributed by atoms with Gasteiger partial charge in [-0.05, 0) is 24.3 Å². The Balaban J connectivity index is 2.07. The van der Waals surface area contributed by atoms with Crippen LogP contribution in [0.25, 0.3) is 0 Å². The van der Waals surface area contributed by atoms with Crippen LogP contribution in [-0.4, -0.2) is 49.9 Å². The molecular weight excluding hydrogens is 396 g/mol. The van der Waals surface area contributed by atoms with Crippen molar-refractivity contribution in [3.8, 4) is 11.5 Å². The molecule has 2 aliphatic rings. The highest BCUT2D eigenvalue weighted by Gasteiger charge is 2.47. The summed E-state index contributed by atoms with van der Waals surface area (Å²) in [5.74, 6) is 1.59. The molecule has 6 heteroatoms. The molecule has 168 valence electrons. The van der Waals surface area contributed by atoms with Crippen LogP contribution in [0.1, 0.15) is 52.9 Å². The zero-order valence-corrected chi connectivity index (χ0v) is 20.4. The van der Waals surface area contributed by atoms with E-state index in [2.05, 4.69) is 31.1 Å². The number of hydrogen-bond acceptors (Lipinski definition) is 4. The van der Waals surface area contributed by atoms with Crippen molar-refractivity contribution in [1.29, 1.82) is 0 Å². The Morgan fingerprint density at radius 3 is 2.43 bits per heavy atom. The Morgan fingerprint density at radius 2 is 1.87 bits per heavy atom. The van der Waals surface area contributed by atoms with Gasteiger partial charge < -0.3 is 19.3 Å². The third-order valence-electron chi connectivity index (χ3n) is 5.18. The first kappa shape index (κ1) is 24.9. The predicted molar refractivity (Wildman–Crippen MR) is 122 cm³/mol. The minimum absolute atomic E-state index is 0.185. The smallest absolute Gasteiger partial charge is 0.333 e.